The van der Waals surface area contributed by atoms with E-state index in [0.29, 0.717) is 49.4 Å². The fraction of sp³-hybridized carbons (Fsp3) is 0.462. The summed E-state index contributed by atoms with van der Waals surface area (Å²) in [5.74, 6) is 0.828. The normalized spacial score (nSPS) is 18.1. The lowest BCUT2D eigenvalue weighted by Gasteiger charge is -2.39. The third-order valence-electron chi connectivity index (χ3n) is 6.32. The van der Waals surface area contributed by atoms with E-state index in [1.807, 2.05) is 49.1 Å². The molecule has 2 atom stereocenters. The molecule has 1 aliphatic heterocycles. The number of halogens is 2. The number of nitrogens with one attached hydrogen (secondary N) is 1. The van der Waals surface area contributed by atoms with Crippen molar-refractivity contribution in [2.45, 2.75) is 51.7 Å². The molecule has 2 heterocycles. The van der Waals surface area contributed by atoms with Crippen molar-refractivity contribution in [3.05, 3.63) is 58.1 Å². The topological polar surface area (TPSA) is 68.6 Å². The molecule has 1 saturated heterocycles. The molecular weight excluding hydrogens is 487 g/mol. The summed E-state index contributed by atoms with van der Waals surface area (Å²) in [5, 5.41) is 4.70. The van der Waals surface area contributed by atoms with Gasteiger partial charge < -0.3 is 24.3 Å². The molecule has 1 fully saturated rings. The van der Waals surface area contributed by atoms with Gasteiger partial charge in [0.05, 0.1) is 34.3 Å². The summed E-state index contributed by atoms with van der Waals surface area (Å²) in [5.41, 5.74) is 3.05. The van der Waals surface area contributed by atoms with Gasteiger partial charge in [-0.1, -0.05) is 41.4 Å². The van der Waals surface area contributed by atoms with E-state index >= 15 is 0 Å². The summed E-state index contributed by atoms with van der Waals surface area (Å²) >= 11 is 12.4. The number of benzene rings is 2. The number of nitrogens with zero attached hydrogens (tertiary/aromatic N) is 3. The number of carbonyl (C=O) groups is 1. The summed E-state index contributed by atoms with van der Waals surface area (Å²) in [4.78, 5) is 19.4. The van der Waals surface area contributed by atoms with E-state index < -0.39 is 0 Å². The van der Waals surface area contributed by atoms with Gasteiger partial charge in [0.2, 0.25) is 5.95 Å². The Hall–Kier alpha value is -2.48. The van der Waals surface area contributed by atoms with Crippen LogP contribution in [0.2, 0.25) is 10.0 Å². The first-order chi connectivity index (χ1) is 17.0. The number of amides is 1. The Kier molecular flexibility index (Phi) is 8.76. The number of likely N-dealkylation sites (tertiary alicyclic amines) is 1. The maximum atomic E-state index is 12.7. The molecule has 1 amide bonds. The predicted octanol–water partition coefficient (Wildman–Crippen LogP) is 6.02. The van der Waals surface area contributed by atoms with Crippen molar-refractivity contribution in [1.82, 2.24) is 14.5 Å². The van der Waals surface area contributed by atoms with E-state index in [4.69, 9.17) is 37.7 Å². The molecule has 0 unspecified atom stereocenters. The van der Waals surface area contributed by atoms with E-state index in [0.717, 1.165) is 35.4 Å². The van der Waals surface area contributed by atoms with Gasteiger partial charge in [-0.15, -0.1) is 0 Å². The number of fused-ring (bicyclic) bond motifs is 1. The van der Waals surface area contributed by atoms with Crippen LogP contribution in [-0.4, -0.2) is 59.0 Å². The zero-order valence-corrected chi connectivity index (χ0v) is 21.7. The van der Waals surface area contributed by atoms with Crippen LogP contribution in [0.1, 0.15) is 32.3 Å². The first-order valence-corrected chi connectivity index (χ1v) is 12.9. The largest absolute Gasteiger partial charge is 0.450 e. The highest BCUT2D eigenvalue weighted by molar-refractivity contribution is 6.42. The summed E-state index contributed by atoms with van der Waals surface area (Å²) in [6, 6.07) is 13.9. The van der Waals surface area contributed by atoms with E-state index in [1.165, 1.54) is 0 Å². The fourth-order valence-electron chi connectivity index (χ4n) is 4.66. The number of hydrogen-bond acceptors (Lipinski definition) is 5. The minimum Gasteiger partial charge on any atom is -0.450 e. The van der Waals surface area contributed by atoms with Crippen LogP contribution in [0.5, 0.6) is 0 Å². The Morgan fingerprint density at radius 2 is 1.97 bits per heavy atom. The smallest absolute Gasteiger partial charge is 0.410 e. The standard InChI is InChI=1S/C26H32Cl2N4O3/c1-3-34-14-13-32-24-8-6-5-7-23(24)30-25(32)29-19-11-12-31(26(33)35-4-2)20(17-19)15-18-9-10-21(27)22(28)16-18/h5-10,16,19-20H,3-4,11-15,17H2,1-2H3,(H,29,30)/t19-,20+/m0/s1. The van der Waals surface area contributed by atoms with Crippen molar-refractivity contribution in [2.24, 2.45) is 0 Å². The molecule has 0 spiro atoms. The maximum absolute atomic E-state index is 12.7. The van der Waals surface area contributed by atoms with Gasteiger partial charge in [-0.25, -0.2) is 9.78 Å². The number of aromatic nitrogens is 2. The van der Waals surface area contributed by atoms with Gasteiger partial charge in [0.25, 0.3) is 0 Å². The van der Waals surface area contributed by atoms with Gasteiger partial charge in [-0.2, -0.15) is 0 Å². The van der Waals surface area contributed by atoms with Crippen LogP contribution in [-0.2, 0) is 22.4 Å². The Morgan fingerprint density at radius 3 is 2.74 bits per heavy atom. The third kappa shape index (κ3) is 6.21. The minimum absolute atomic E-state index is 0.0428. The molecule has 1 aromatic heterocycles. The lowest BCUT2D eigenvalue weighted by molar-refractivity contribution is 0.0745. The van der Waals surface area contributed by atoms with Crippen molar-refractivity contribution in [3.8, 4) is 0 Å². The lowest BCUT2D eigenvalue weighted by atomic mass is 9.92. The molecule has 1 N–H and O–H groups in total. The maximum Gasteiger partial charge on any atom is 0.410 e. The fourth-order valence-corrected chi connectivity index (χ4v) is 4.98. The van der Waals surface area contributed by atoms with Crippen molar-refractivity contribution in [1.29, 1.82) is 0 Å². The summed E-state index contributed by atoms with van der Waals surface area (Å²) in [6.07, 6.45) is 1.94. The number of carbonyl (C=O) groups excluding carboxylic acids is 1. The van der Waals surface area contributed by atoms with Gasteiger partial charge in [-0.05, 0) is 62.9 Å². The molecule has 0 radical (unpaired) electrons. The first kappa shape index (κ1) is 25.6. The summed E-state index contributed by atoms with van der Waals surface area (Å²) in [7, 11) is 0. The SMILES string of the molecule is CCOCCn1c(N[C@H]2CCN(C(=O)OCC)[C@H](Cc3ccc(Cl)c(Cl)c3)C2)nc2ccccc21. The molecule has 3 aromatic rings. The van der Waals surface area contributed by atoms with Gasteiger partial charge in [0, 0.05) is 31.8 Å². The number of piperidine rings is 1. The van der Waals surface area contributed by atoms with Crippen LogP contribution in [0.25, 0.3) is 11.0 Å². The second-order valence-corrected chi connectivity index (χ2v) is 9.45. The Bertz CT molecular complexity index is 1150. The number of para-hydroxylation sites is 2. The second kappa shape index (κ2) is 12.0. The highest BCUT2D eigenvalue weighted by Gasteiger charge is 2.33. The van der Waals surface area contributed by atoms with Crippen LogP contribution in [0.15, 0.2) is 42.5 Å². The lowest BCUT2D eigenvalue weighted by Crippen LogP contribution is -2.50. The van der Waals surface area contributed by atoms with Gasteiger partial charge >= 0.3 is 6.09 Å². The predicted molar refractivity (Wildman–Crippen MR) is 141 cm³/mol. The highest BCUT2D eigenvalue weighted by atomic mass is 35.5. The van der Waals surface area contributed by atoms with E-state index in [-0.39, 0.29) is 18.2 Å². The van der Waals surface area contributed by atoms with Gasteiger partial charge in [-0.3, -0.25) is 0 Å². The number of anilines is 1. The molecule has 2 aromatic carbocycles. The number of imidazole rings is 1. The molecule has 4 rings (SSSR count). The Labute approximate surface area is 216 Å². The third-order valence-corrected chi connectivity index (χ3v) is 7.06. The molecular formula is C26H32Cl2N4O3. The number of hydrogen-bond donors (Lipinski definition) is 1. The molecule has 1 aliphatic rings. The minimum atomic E-state index is -0.278. The van der Waals surface area contributed by atoms with Crippen molar-refractivity contribution in [2.75, 3.05) is 31.7 Å². The van der Waals surface area contributed by atoms with E-state index in [9.17, 15) is 4.79 Å². The number of ether oxygens (including phenoxy) is 2. The van der Waals surface area contributed by atoms with Crippen molar-refractivity contribution < 1.29 is 14.3 Å². The van der Waals surface area contributed by atoms with Crippen LogP contribution in [0.4, 0.5) is 10.7 Å². The summed E-state index contributed by atoms with van der Waals surface area (Å²) in [6.45, 7) is 6.78. The first-order valence-electron chi connectivity index (χ1n) is 12.2. The molecule has 0 bridgehead atoms. The van der Waals surface area contributed by atoms with Crippen LogP contribution >= 0.6 is 23.2 Å². The second-order valence-electron chi connectivity index (χ2n) is 8.64. The van der Waals surface area contributed by atoms with Crippen LogP contribution in [0.3, 0.4) is 0 Å². The molecule has 0 aliphatic carbocycles. The van der Waals surface area contributed by atoms with E-state index in [1.54, 1.807) is 6.07 Å². The monoisotopic (exact) mass is 518 g/mol. The quantitative estimate of drug-likeness (QED) is 0.350. The zero-order chi connectivity index (χ0) is 24.8. The molecule has 7 nitrogen and oxygen atoms in total. The molecule has 188 valence electrons. The highest BCUT2D eigenvalue weighted by Crippen LogP contribution is 2.29. The summed E-state index contributed by atoms with van der Waals surface area (Å²) < 4.78 is 13.1. The van der Waals surface area contributed by atoms with E-state index in [2.05, 4.69) is 16.0 Å². The number of rotatable bonds is 9. The van der Waals surface area contributed by atoms with Gasteiger partial charge in [0.15, 0.2) is 0 Å². The average Bonchev–Trinajstić information content (AvgIpc) is 3.19. The molecule has 9 heteroatoms. The molecule has 0 saturated carbocycles. The Balaban J connectivity index is 1.54. The zero-order valence-electron chi connectivity index (χ0n) is 20.2. The Morgan fingerprint density at radius 1 is 1.14 bits per heavy atom. The van der Waals surface area contributed by atoms with Crippen LogP contribution < -0.4 is 5.32 Å². The van der Waals surface area contributed by atoms with Crippen molar-refractivity contribution >= 4 is 46.3 Å². The van der Waals surface area contributed by atoms with Crippen molar-refractivity contribution in [3.63, 3.8) is 0 Å². The van der Waals surface area contributed by atoms with Gasteiger partial charge in [0.1, 0.15) is 0 Å². The van der Waals surface area contributed by atoms with Crippen LogP contribution in [0, 0.1) is 0 Å². The molecule has 35 heavy (non-hydrogen) atoms. The average molecular weight is 519 g/mol.